The second-order valence-corrected chi connectivity index (χ2v) is 6.25. The van der Waals surface area contributed by atoms with Crippen molar-refractivity contribution in [1.82, 2.24) is 10.2 Å². The molecule has 6 heteroatoms. The molecule has 0 spiro atoms. The molecular weight excluding hydrogens is 326 g/mol. The normalized spacial score (nSPS) is 15.2. The number of aromatic hydroxyl groups is 1. The largest absolute Gasteiger partial charge is 0.508 e. The van der Waals surface area contributed by atoms with E-state index < -0.39 is 11.6 Å². The summed E-state index contributed by atoms with van der Waals surface area (Å²) in [5.74, 6) is -0.469. The Kier molecular flexibility index (Phi) is 5.16. The Hall–Kier alpha value is -2.63. The van der Waals surface area contributed by atoms with Crippen molar-refractivity contribution in [3.05, 3.63) is 65.2 Å². The average molecular weight is 346 g/mol. The molecule has 132 valence electrons. The Morgan fingerprint density at radius 1 is 1.12 bits per heavy atom. The van der Waals surface area contributed by atoms with Crippen LogP contribution in [0.25, 0.3) is 0 Å². The highest BCUT2D eigenvalue weighted by Gasteiger charge is 2.23. The molecule has 2 aromatic rings. The molecule has 2 aromatic carbocycles. The molecule has 1 fully saturated rings. The number of amides is 2. The van der Waals surface area contributed by atoms with Gasteiger partial charge in [0.05, 0.1) is 0 Å². The third kappa shape index (κ3) is 4.26. The topological polar surface area (TPSA) is 52.6 Å². The molecule has 0 radical (unpaired) electrons. The van der Waals surface area contributed by atoms with Gasteiger partial charge in [-0.25, -0.2) is 13.6 Å². The van der Waals surface area contributed by atoms with Gasteiger partial charge >= 0.3 is 6.03 Å². The SMILES string of the molecule is O=C(NCc1cc(F)ccc1F)N1CCC(c2ccc(O)cc2)CC1. The summed E-state index contributed by atoms with van der Waals surface area (Å²) in [4.78, 5) is 13.9. The number of phenolic OH excluding ortho intramolecular Hbond substituents is 1. The molecule has 25 heavy (non-hydrogen) atoms. The van der Waals surface area contributed by atoms with E-state index in [0.29, 0.717) is 19.0 Å². The van der Waals surface area contributed by atoms with E-state index in [1.54, 1.807) is 17.0 Å². The lowest BCUT2D eigenvalue weighted by Gasteiger charge is -2.32. The summed E-state index contributed by atoms with van der Waals surface area (Å²) in [6.07, 6.45) is 1.65. The Bertz CT molecular complexity index is 742. The molecule has 0 bridgehead atoms. The van der Waals surface area contributed by atoms with Crippen LogP contribution in [0, 0.1) is 11.6 Å². The first-order valence-corrected chi connectivity index (χ1v) is 8.28. The van der Waals surface area contributed by atoms with Gasteiger partial charge in [0.15, 0.2) is 0 Å². The molecule has 0 aliphatic carbocycles. The van der Waals surface area contributed by atoms with Crippen molar-refractivity contribution >= 4 is 6.03 Å². The second-order valence-electron chi connectivity index (χ2n) is 6.25. The molecule has 1 saturated heterocycles. The van der Waals surface area contributed by atoms with Crippen LogP contribution >= 0.6 is 0 Å². The molecule has 0 atom stereocenters. The van der Waals surface area contributed by atoms with E-state index in [1.165, 1.54) is 0 Å². The molecule has 0 saturated carbocycles. The molecule has 4 nitrogen and oxygen atoms in total. The maximum atomic E-state index is 13.6. The van der Waals surface area contributed by atoms with Crippen LogP contribution < -0.4 is 5.32 Å². The molecular formula is C19H20F2N2O2. The lowest BCUT2D eigenvalue weighted by atomic mass is 9.89. The van der Waals surface area contributed by atoms with Gasteiger partial charge in [-0.15, -0.1) is 0 Å². The van der Waals surface area contributed by atoms with E-state index in [2.05, 4.69) is 5.32 Å². The molecule has 0 aromatic heterocycles. The number of halogens is 2. The molecule has 3 rings (SSSR count). The van der Waals surface area contributed by atoms with Gasteiger partial charge in [-0.05, 0) is 54.7 Å². The summed E-state index contributed by atoms with van der Waals surface area (Å²) >= 11 is 0. The predicted octanol–water partition coefficient (Wildman–Crippen LogP) is 3.76. The van der Waals surface area contributed by atoms with Crippen LogP contribution in [-0.2, 0) is 6.54 Å². The van der Waals surface area contributed by atoms with Gasteiger partial charge in [-0.2, -0.15) is 0 Å². The van der Waals surface area contributed by atoms with Crippen LogP contribution in [0.2, 0.25) is 0 Å². The zero-order chi connectivity index (χ0) is 17.8. The number of benzene rings is 2. The maximum Gasteiger partial charge on any atom is 0.317 e. The number of hydrogen-bond donors (Lipinski definition) is 2. The standard InChI is InChI=1S/C19H20F2N2O2/c20-16-3-6-18(21)15(11-16)12-22-19(25)23-9-7-14(8-10-23)13-1-4-17(24)5-2-13/h1-6,11,14,24H,7-10,12H2,(H,22,25). The Morgan fingerprint density at radius 3 is 2.48 bits per heavy atom. The summed E-state index contributed by atoms with van der Waals surface area (Å²) in [5, 5.41) is 12.0. The number of nitrogens with one attached hydrogen (secondary N) is 1. The number of rotatable bonds is 3. The molecule has 1 heterocycles. The minimum absolute atomic E-state index is 0.0414. The van der Waals surface area contributed by atoms with Crippen molar-refractivity contribution in [2.24, 2.45) is 0 Å². The highest BCUT2D eigenvalue weighted by Crippen LogP contribution is 2.29. The van der Waals surface area contributed by atoms with E-state index in [9.17, 15) is 18.7 Å². The molecule has 2 amide bonds. The van der Waals surface area contributed by atoms with Crippen molar-refractivity contribution in [3.63, 3.8) is 0 Å². The van der Waals surface area contributed by atoms with E-state index in [-0.39, 0.29) is 23.9 Å². The van der Waals surface area contributed by atoms with Crippen molar-refractivity contribution in [2.45, 2.75) is 25.3 Å². The smallest absolute Gasteiger partial charge is 0.317 e. The van der Waals surface area contributed by atoms with Crippen molar-refractivity contribution < 1.29 is 18.7 Å². The van der Waals surface area contributed by atoms with Gasteiger partial charge < -0.3 is 15.3 Å². The van der Waals surface area contributed by atoms with E-state index in [4.69, 9.17) is 0 Å². The monoisotopic (exact) mass is 346 g/mol. The lowest BCUT2D eigenvalue weighted by Crippen LogP contribution is -2.43. The van der Waals surface area contributed by atoms with Gasteiger partial charge in [-0.3, -0.25) is 0 Å². The first kappa shape index (κ1) is 17.2. The Morgan fingerprint density at radius 2 is 1.80 bits per heavy atom. The Labute approximate surface area is 145 Å². The summed E-state index contributed by atoms with van der Waals surface area (Å²) < 4.78 is 26.7. The number of urea groups is 1. The molecule has 1 aliphatic heterocycles. The third-order valence-electron chi connectivity index (χ3n) is 4.58. The van der Waals surface area contributed by atoms with Gasteiger partial charge in [0.1, 0.15) is 17.4 Å². The fourth-order valence-corrected chi connectivity index (χ4v) is 3.12. The second kappa shape index (κ2) is 7.51. The average Bonchev–Trinajstić information content (AvgIpc) is 2.63. The van der Waals surface area contributed by atoms with E-state index >= 15 is 0 Å². The quantitative estimate of drug-likeness (QED) is 0.889. The molecule has 1 aliphatic rings. The molecule has 2 N–H and O–H groups in total. The summed E-state index contributed by atoms with van der Waals surface area (Å²) in [7, 11) is 0. The first-order chi connectivity index (χ1) is 12.0. The fourth-order valence-electron chi connectivity index (χ4n) is 3.12. The fraction of sp³-hybridized carbons (Fsp3) is 0.316. The van der Waals surface area contributed by atoms with Gasteiger partial charge in [0.2, 0.25) is 0 Å². The number of piperidine rings is 1. The van der Waals surface area contributed by atoms with Crippen LogP contribution in [0.15, 0.2) is 42.5 Å². The summed E-state index contributed by atoms with van der Waals surface area (Å²) in [6.45, 7) is 1.16. The lowest BCUT2D eigenvalue weighted by molar-refractivity contribution is 0.181. The number of nitrogens with zero attached hydrogens (tertiary/aromatic N) is 1. The van der Waals surface area contributed by atoms with E-state index in [1.807, 2.05) is 12.1 Å². The molecule has 0 unspecified atom stereocenters. The zero-order valence-electron chi connectivity index (χ0n) is 13.7. The van der Waals surface area contributed by atoms with Crippen molar-refractivity contribution in [3.8, 4) is 5.75 Å². The first-order valence-electron chi connectivity index (χ1n) is 8.28. The minimum Gasteiger partial charge on any atom is -0.508 e. The highest BCUT2D eigenvalue weighted by molar-refractivity contribution is 5.74. The number of carbonyl (C=O) groups excluding carboxylic acids is 1. The number of likely N-dealkylation sites (tertiary alicyclic amines) is 1. The van der Waals surface area contributed by atoms with Crippen molar-refractivity contribution in [2.75, 3.05) is 13.1 Å². The highest BCUT2D eigenvalue weighted by atomic mass is 19.1. The van der Waals surface area contributed by atoms with Gasteiger partial charge in [-0.1, -0.05) is 12.1 Å². The van der Waals surface area contributed by atoms with E-state index in [0.717, 1.165) is 36.6 Å². The number of phenols is 1. The minimum atomic E-state index is -0.535. The Balaban J connectivity index is 1.51. The summed E-state index contributed by atoms with van der Waals surface area (Å²) in [6, 6.07) is 10.1. The number of carbonyl (C=O) groups is 1. The van der Waals surface area contributed by atoms with Crippen molar-refractivity contribution in [1.29, 1.82) is 0 Å². The number of hydrogen-bond acceptors (Lipinski definition) is 2. The third-order valence-corrected chi connectivity index (χ3v) is 4.58. The summed E-state index contributed by atoms with van der Waals surface area (Å²) in [5.41, 5.74) is 1.28. The maximum absolute atomic E-state index is 13.6. The van der Waals surface area contributed by atoms with Crippen LogP contribution in [0.1, 0.15) is 29.9 Å². The van der Waals surface area contributed by atoms with Gasteiger partial charge in [0, 0.05) is 25.2 Å². The zero-order valence-corrected chi connectivity index (χ0v) is 13.7. The van der Waals surface area contributed by atoms with Crippen LogP contribution in [0.5, 0.6) is 5.75 Å². The predicted molar refractivity (Wildman–Crippen MR) is 90.2 cm³/mol. The van der Waals surface area contributed by atoms with Crippen LogP contribution in [-0.4, -0.2) is 29.1 Å². The van der Waals surface area contributed by atoms with Crippen LogP contribution in [0.4, 0.5) is 13.6 Å². The van der Waals surface area contributed by atoms with Gasteiger partial charge in [0.25, 0.3) is 0 Å². The van der Waals surface area contributed by atoms with Crippen LogP contribution in [0.3, 0.4) is 0 Å².